The highest BCUT2D eigenvalue weighted by Crippen LogP contribution is 2.41. The van der Waals surface area contributed by atoms with Crippen molar-refractivity contribution in [2.75, 3.05) is 0 Å². The molecule has 0 aliphatic heterocycles. The van der Waals surface area contributed by atoms with Gasteiger partial charge in [0.25, 0.3) is 0 Å². The first-order chi connectivity index (χ1) is 20.8. The normalized spacial score (nSPS) is 13.0. The van der Waals surface area contributed by atoms with Gasteiger partial charge in [0, 0.05) is 27.2 Å². The number of hydrogen-bond donors (Lipinski definition) is 0. The molecule has 0 radical (unpaired) electrons. The second-order valence-corrected chi connectivity index (χ2v) is 10.7. The van der Waals surface area contributed by atoms with Crippen molar-refractivity contribution in [3.05, 3.63) is 132 Å². The number of rotatable bonds is 3. The third-order valence-electron chi connectivity index (χ3n) is 8.40. The highest BCUT2D eigenvalue weighted by atomic mass is 15.0. The van der Waals surface area contributed by atoms with Gasteiger partial charge in [0.05, 0.1) is 45.0 Å². The second kappa shape index (κ2) is 9.37. The van der Waals surface area contributed by atoms with Crippen LogP contribution in [0.5, 0.6) is 0 Å². The number of nitrogens with zero attached hydrogens (tertiary/aromatic N) is 4. The smallest absolute Gasteiger partial charge is 0.101 e. The van der Waals surface area contributed by atoms with Crippen molar-refractivity contribution in [2.45, 2.75) is 12.8 Å². The van der Waals surface area contributed by atoms with E-state index >= 15 is 0 Å². The molecule has 0 amide bonds. The van der Waals surface area contributed by atoms with Crippen molar-refractivity contribution < 1.29 is 0 Å². The summed E-state index contributed by atoms with van der Waals surface area (Å²) in [5.74, 6) is 0. The number of fused-ring (bicyclic) bond motifs is 6. The number of hydrogen-bond acceptors (Lipinski definition) is 2. The van der Waals surface area contributed by atoms with Crippen LogP contribution in [0.15, 0.2) is 121 Å². The van der Waals surface area contributed by atoms with Crippen molar-refractivity contribution >= 4 is 49.3 Å². The second-order valence-electron chi connectivity index (χ2n) is 10.7. The molecule has 0 spiro atoms. The standard InChI is InChI=1S/C38H24N4/c39-23-25-17-19-33(27(21-25)24-40)42-34-14-6-4-11-30(34)32-22-26(18-20-36(32)42)29-13-8-16-37-38(29)31-12-5-7-15-35(31)41(37)28-9-2-1-3-10-28/h2,4-22H,1,3H2. The molecule has 196 valence electrons. The maximum absolute atomic E-state index is 9.97. The summed E-state index contributed by atoms with van der Waals surface area (Å²) in [6.07, 6.45) is 8.96. The first-order valence-corrected chi connectivity index (χ1v) is 14.1. The van der Waals surface area contributed by atoms with Gasteiger partial charge < -0.3 is 9.13 Å². The van der Waals surface area contributed by atoms with Gasteiger partial charge in [-0.3, -0.25) is 0 Å². The highest BCUT2D eigenvalue weighted by Gasteiger charge is 2.19. The molecule has 8 rings (SSSR count). The van der Waals surface area contributed by atoms with Gasteiger partial charge in [0.15, 0.2) is 0 Å². The molecule has 5 aromatic carbocycles. The van der Waals surface area contributed by atoms with E-state index in [1.807, 2.05) is 12.1 Å². The lowest BCUT2D eigenvalue weighted by Gasteiger charge is -2.12. The van der Waals surface area contributed by atoms with Crippen LogP contribution in [0.1, 0.15) is 24.0 Å². The molecule has 1 aliphatic carbocycles. The molecular weight excluding hydrogens is 512 g/mol. The zero-order chi connectivity index (χ0) is 28.2. The van der Waals surface area contributed by atoms with Crippen LogP contribution in [0.3, 0.4) is 0 Å². The van der Waals surface area contributed by atoms with Gasteiger partial charge in [-0.05, 0) is 78.6 Å². The van der Waals surface area contributed by atoms with Crippen molar-refractivity contribution in [1.29, 1.82) is 10.5 Å². The molecule has 42 heavy (non-hydrogen) atoms. The molecule has 0 N–H and O–H groups in total. The van der Waals surface area contributed by atoms with Gasteiger partial charge in [0.1, 0.15) is 6.07 Å². The van der Waals surface area contributed by atoms with Crippen LogP contribution < -0.4 is 0 Å². The largest absolute Gasteiger partial charge is 0.310 e. The van der Waals surface area contributed by atoms with Crippen LogP contribution >= 0.6 is 0 Å². The lowest BCUT2D eigenvalue weighted by molar-refractivity contribution is 1.02. The molecule has 4 nitrogen and oxygen atoms in total. The monoisotopic (exact) mass is 536 g/mol. The number of nitriles is 2. The molecule has 1 aliphatic rings. The van der Waals surface area contributed by atoms with Crippen LogP contribution in [0.25, 0.3) is 66.1 Å². The highest BCUT2D eigenvalue weighted by molar-refractivity contribution is 6.18. The van der Waals surface area contributed by atoms with E-state index in [0.29, 0.717) is 11.1 Å². The van der Waals surface area contributed by atoms with Gasteiger partial charge in [-0.25, -0.2) is 0 Å². The minimum atomic E-state index is 0.476. The predicted octanol–water partition coefficient (Wildman–Crippen LogP) is 9.49. The SMILES string of the molecule is N#Cc1ccc(-n2c3ccccc3c3cc(-c4cccc5c4c4ccccc4n5C4=CCCC=C4)ccc32)c(C#N)c1. The Hall–Kier alpha value is -5.84. The van der Waals surface area contributed by atoms with E-state index in [0.717, 1.165) is 45.9 Å². The molecule has 2 heterocycles. The molecule has 4 heteroatoms. The van der Waals surface area contributed by atoms with Gasteiger partial charge in [-0.1, -0.05) is 66.7 Å². The van der Waals surface area contributed by atoms with Crippen LogP contribution in [-0.4, -0.2) is 9.13 Å². The molecule has 0 fully saturated rings. The molecule has 0 saturated heterocycles. The molecule has 0 unspecified atom stereocenters. The first-order valence-electron chi connectivity index (χ1n) is 14.1. The Kier molecular flexibility index (Phi) is 5.36. The first kappa shape index (κ1) is 24.0. The van der Waals surface area contributed by atoms with E-state index in [1.54, 1.807) is 12.1 Å². The summed E-state index contributed by atoms with van der Waals surface area (Å²) >= 11 is 0. The lowest BCUT2D eigenvalue weighted by Crippen LogP contribution is -1.98. The van der Waals surface area contributed by atoms with E-state index in [1.165, 1.54) is 33.1 Å². The topological polar surface area (TPSA) is 57.4 Å². The summed E-state index contributed by atoms with van der Waals surface area (Å²) in [6.45, 7) is 0. The number of allylic oxidation sites excluding steroid dienone is 4. The third kappa shape index (κ3) is 3.46. The molecule has 0 bridgehead atoms. The van der Waals surface area contributed by atoms with Crippen LogP contribution in [0, 0.1) is 22.7 Å². The summed E-state index contributed by atoms with van der Waals surface area (Å²) < 4.78 is 4.53. The van der Waals surface area contributed by atoms with Crippen molar-refractivity contribution in [3.8, 4) is 29.0 Å². The number of para-hydroxylation sites is 2. The molecule has 0 saturated carbocycles. The van der Waals surface area contributed by atoms with E-state index < -0.39 is 0 Å². The number of benzene rings is 5. The fraction of sp³-hybridized carbons (Fsp3) is 0.0526. The van der Waals surface area contributed by atoms with Crippen LogP contribution in [0.2, 0.25) is 0 Å². The third-order valence-corrected chi connectivity index (χ3v) is 8.40. The molecular formula is C38H24N4. The van der Waals surface area contributed by atoms with E-state index in [4.69, 9.17) is 0 Å². The summed E-state index contributed by atoms with van der Waals surface area (Å²) in [5, 5.41) is 24.1. The quantitative estimate of drug-likeness (QED) is 0.226. The summed E-state index contributed by atoms with van der Waals surface area (Å²) in [4.78, 5) is 0. The average Bonchev–Trinajstić information content (AvgIpc) is 3.57. The Bertz CT molecular complexity index is 2380. The molecule has 7 aromatic rings. The minimum Gasteiger partial charge on any atom is -0.310 e. The van der Waals surface area contributed by atoms with E-state index in [-0.39, 0.29) is 0 Å². The average molecular weight is 537 g/mol. The predicted molar refractivity (Wildman–Crippen MR) is 171 cm³/mol. The summed E-state index contributed by atoms with van der Waals surface area (Å²) in [7, 11) is 0. The van der Waals surface area contributed by atoms with E-state index in [2.05, 4.69) is 118 Å². The molecule has 0 atom stereocenters. The van der Waals surface area contributed by atoms with Crippen molar-refractivity contribution in [1.82, 2.24) is 9.13 Å². The fourth-order valence-corrected chi connectivity index (χ4v) is 6.59. The van der Waals surface area contributed by atoms with Crippen molar-refractivity contribution in [2.24, 2.45) is 0 Å². The van der Waals surface area contributed by atoms with Gasteiger partial charge in [-0.2, -0.15) is 10.5 Å². The van der Waals surface area contributed by atoms with Crippen molar-refractivity contribution in [3.63, 3.8) is 0 Å². The summed E-state index contributed by atoms with van der Waals surface area (Å²) in [5.41, 5.74) is 9.74. The molecule has 2 aromatic heterocycles. The minimum absolute atomic E-state index is 0.476. The maximum Gasteiger partial charge on any atom is 0.101 e. The Balaban J connectivity index is 1.41. The fourth-order valence-electron chi connectivity index (χ4n) is 6.59. The maximum atomic E-state index is 9.97. The Morgan fingerprint density at radius 3 is 2.14 bits per heavy atom. The van der Waals surface area contributed by atoms with E-state index in [9.17, 15) is 10.5 Å². The van der Waals surface area contributed by atoms with Crippen LogP contribution in [-0.2, 0) is 0 Å². The Morgan fingerprint density at radius 2 is 1.36 bits per heavy atom. The summed E-state index contributed by atoms with van der Waals surface area (Å²) in [6, 6.07) is 40.0. The van der Waals surface area contributed by atoms with Gasteiger partial charge in [-0.15, -0.1) is 0 Å². The van der Waals surface area contributed by atoms with Gasteiger partial charge in [0.2, 0.25) is 0 Å². The van der Waals surface area contributed by atoms with Gasteiger partial charge >= 0.3 is 0 Å². The zero-order valence-electron chi connectivity index (χ0n) is 22.8. The Morgan fingerprint density at radius 1 is 0.595 bits per heavy atom. The van der Waals surface area contributed by atoms with Crippen LogP contribution in [0.4, 0.5) is 0 Å². The Labute approximate surface area is 242 Å². The number of aromatic nitrogens is 2. The lowest BCUT2D eigenvalue weighted by atomic mass is 9.98. The zero-order valence-corrected chi connectivity index (χ0v) is 22.8.